The number of hydrogen-bond donors (Lipinski definition) is 2. The van der Waals surface area contributed by atoms with Crippen LogP contribution in [-0.2, 0) is 66.6 Å². The summed E-state index contributed by atoms with van der Waals surface area (Å²) in [6, 6.07) is 13.4. The van der Waals surface area contributed by atoms with E-state index in [-0.39, 0.29) is 82.4 Å². The summed E-state index contributed by atoms with van der Waals surface area (Å²) in [4.78, 5) is 109. The number of hydrogen-bond acceptors (Lipinski definition) is 27. The van der Waals surface area contributed by atoms with Crippen molar-refractivity contribution in [3.8, 4) is 0 Å². The van der Waals surface area contributed by atoms with Gasteiger partial charge >= 0.3 is 51.7 Å². The van der Waals surface area contributed by atoms with Crippen molar-refractivity contribution in [2.24, 2.45) is 26.1 Å². The van der Waals surface area contributed by atoms with Gasteiger partial charge in [0.1, 0.15) is 41.1 Å². The number of anilines is 1. The molecule has 5 atom stereocenters. The Morgan fingerprint density at radius 3 is 1.76 bits per heavy atom. The number of ether oxygens (including phenoxy) is 9. The average Bonchev–Trinajstić information content (AvgIpc) is 0.762. The number of nitro groups is 2. The molecule has 1 aromatic heterocycles. The van der Waals surface area contributed by atoms with E-state index in [0.29, 0.717) is 79.5 Å². The van der Waals surface area contributed by atoms with Gasteiger partial charge in [0, 0.05) is 69.9 Å². The monoisotopic (exact) mass is 1560 g/mol. The highest BCUT2D eigenvalue weighted by Crippen LogP contribution is 2.36. The maximum absolute atomic E-state index is 12.3. The standard InChI is InChI=1S/C12H15ClN4O5.C12H14ClNO2.C9H16O3.C8H16ClNO3.C7H5ClO.C5H10ClNO2.C4Cl2N3O2.C3H6Cl2O/c1-3-12(10(18)21-2)7-22-5-4-16(12)9-8(17(19)20)6-14-11(13)15-9;1-3-11(12(15)16-2)14-8-9-4-6-10(13)7-5-9;1-3-9(8(10)11-2)5-4-6-12-7-9;1-3-8(10,7(11)12-2)6-13-5-4-9;8-7-3-1-6(5-9)2-4-7;1-3-4(7-6)5(8)9-2;5-3-2(9(10)11)1-7-4(6)8-3;4-1-2-6-3-5/h6H,3-5,7H2,1-2H3;4-8,11H,3H2,1-2H3;3-7H2,1-2H3;3-6,10H2,1-2H3;1-5H;4,7H,3H2,1-2H3;;1-3H2/q;;;;;;+1;. The Kier molecular flexibility index (Phi) is 51.9. The van der Waals surface area contributed by atoms with E-state index in [1.807, 2.05) is 39.1 Å². The van der Waals surface area contributed by atoms with E-state index in [4.69, 9.17) is 134 Å². The molecule has 5 unspecified atom stereocenters. The van der Waals surface area contributed by atoms with Crippen molar-refractivity contribution < 1.29 is 81.2 Å². The summed E-state index contributed by atoms with van der Waals surface area (Å²) < 4.78 is 43.6. The third-order valence-electron chi connectivity index (χ3n) is 13.3. The molecule has 3 aliphatic rings. The molecule has 0 saturated carbocycles. The number of aldehydes is 1. The summed E-state index contributed by atoms with van der Waals surface area (Å²) in [6.07, 6.45) is 10.2. The predicted octanol–water partition coefficient (Wildman–Crippen LogP) is 11.2. The van der Waals surface area contributed by atoms with Gasteiger partial charge in [0.15, 0.2) is 5.54 Å². The molecule has 3 N–H and O–H groups in total. The number of carbonyl (C=O) groups is 6. The van der Waals surface area contributed by atoms with Gasteiger partial charge in [-0.15, -0.1) is 23.2 Å². The van der Waals surface area contributed by atoms with Crippen LogP contribution in [0, 0.1) is 31.8 Å². The van der Waals surface area contributed by atoms with Crippen molar-refractivity contribution in [2.75, 3.05) is 111 Å². The fourth-order valence-electron chi connectivity index (χ4n) is 7.63. The Balaban J connectivity index is 0. The molecule has 0 spiro atoms. The number of methoxy groups -OCH3 is 5. The summed E-state index contributed by atoms with van der Waals surface area (Å²) in [5, 5.41) is 22.0. The Labute approximate surface area is 614 Å². The molecule has 3 aromatic rings. The predicted molar refractivity (Wildman–Crippen MR) is 377 cm³/mol. The van der Waals surface area contributed by atoms with E-state index in [9.17, 15) is 49.0 Å². The molecule has 2 saturated heterocycles. The number of morpholine rings is 1. The number of benzene rings is 2. The van der Waals surface area contributed by atoms with E-state index in [0.717, 1.165) is 43.9 Å². The van der Waals surface area contributed by atoms with Gasteiger partial charge in [-0.25, -0.2) is 24.2 Å². The SMILES string of the molecule is CCC(N)(COCCCl)C(=O)OC.CCC(N=Cc1ccc(Cl)cc1)C(=O)OC.CCC(NCl)C(=O)OC.CCC1(C(=O)OC)CCCOC1.CCC1(C(=O)OC)COCCN1c1nc(Cl)ncc1[N+](=O)[O-].ClCCOCCl.O=Cc1ccc(Cl)cc1.O=[N+]([O-])C1=[C+]N=C(Cl)N=C1Cl. The van der Waals surface area contributed by atoms with E-state index in [1.54, 1.807) is 56.5 Å². The van der Waals surface area contributed by atoms with Crippen LogP contribution in [0.25, 0.3) is 0 Å². The first-order valence-electron chi connectivity index (χ1n) is 29.3. The van der Waals surface area contributed by atoms with Crippen molar-refractivity contribution in [1.82, 2.24) is 14.8 Å². The van der Waals surface area contributed by atoms with Gasteiger partial charge in [0.25, 0.3) is 6.20 Å². The van der Waals surface area contributed by atoms with Crippen LogP contribution in [0.15, 0.2) is 75.4 Å². The second-order valence-corrected chi connectivity index (χ2v) is 22.6. The number of alkyl halides is 3. The lowest BCUT2D eigenvalue weighted by Gasteiger charge is -2.44. The van der Waals surface area contributed by atoms with Crippen LogP contribution in [0.5, 0.6) is 0 Å². The van der Waals surface area contributed by atoms with Crippen molar-refractivity contribution in [3.05, 3.63) is 113 Å². The van der Waals surface area contributed by atoms with Crippen LogP contribution >= 0.6 is 105 Å². The maximum atomic E-state index is 12.3. The van der Waals surface area contributed by atoms with E-state index < -0.39 is 44.6 Å². The van der Waals surface area contributed by atoms with Gasteiger partial charge in [-0.1, -0.05) is 98.7 Å². The highest BCUT2D eigenvalue weighted by molar-refractivity contribution is 6.74. The van der Waals surface area contributed by atoms with Gasteiger partial charge in [-0.2, -0.15) is 4.98 Å². The van der Waals surface area contributed by atoms with Crippen molar-refractivity contribution in [3.63, 3.8) is 0 Å². The topological polar surface area (TPSA) is 376 Å². The summed E-state index contributed by atoms with van der Waals surface area (Å²) in [5.41, 5.74) is 3.93. The molecule has 4 heterocycles. The molecule has 0 radical (unpaired) electrons. The van der Waals surface area contributed by atoms with Gasteiger partial charge in [0.05, 0.1) is 85.5 Å². The lowest BCUT2D eigenvalue weighted by molar-refractivity contribution is -0.415. The van der Waals surface area contributed by atoms with Gasteiger partial charge < -0.3 is 53.3 Å². The number of nitrogens with one attached hydrogen (secondary N) is 1. The summed E-state index contributed by atoms with van der Waals surface area (Å²) in [5.74, 6) is -0.859. The fraction of sp³-hybridized carbons (Fsp3) is 0.550. The van der Waals surface area contributed by atoms with Crippen molar-refractivity contribution in [1.29, 1.82) is 0 Å². The maximum Gasteiger partial charge on any atom is 0.486 e. The minimum absolute atomic E-state index is 0.0134. The largest absolute Gasteiger partial charge is 0.486 e. The van der Waals surface area contributed by atoms with E-state index >= 15 is 0 Å². The zero-order valence-corrected chi connectivity index (χ0v) is 62.4. The Hall–Kier alpha value is -5.83. The Morgan fingerprint density at radius 1 is 0.776 bits per heavy atom. The molecule has 0 bridgehead atoms. The number of amidine groups is 1. The number of halogens is 9. The Morgan fingerprint density at radius 2 is 1.35 bits per heavy atom. The second-order valence-electron chi connectivity index (χ2n) is 19.5. The van der Waals surface area contributed by atoms with Crippen LogP contribution < -0.4 is 15.5 Å². The quantitative estimate of drug-likeness (QED) is 0.00684. The normalized spacial score (nSPS) is 16.9. The van der Waals surface area contributed by atoms with Crippen molar-refractivity contribution in [2.45, 2.75) is 103 Å². The molecule has 3 aliphatic heterocycles. The Bertz CT molecular complexity index is 3010. The third kappa shape index (κ3) is 35.0. The molecule has 0 amide bonds. The summed E-state index contributed by atoms with van der Waals surface area (Å²) in [7, 11) is 6.70. The molecule has 2 aromatic carbocycles. The lowest BCUT2D eigenvalue weighted by atomic mass is 9.80. The van der Waals surface area contributed by atoms with Crippen LogP contribution in [0.4, 0.5) is 11.5 Å². The highest BCUT2D eigenvalue weighted by Gasteiger charge is 2.49. The smallest absolute Gasteiger partial charge is 0.469 e. The number of nitrogens with zero attached hydrogens (tertiary/aromatic N) is 8. The van der Waals surface area contributed by atoms with Crippen LogP contribution in [-0.4, -0.2) is 202 Å². The first kappa shape index (κ1) is 94.2. The third-order valence-corrected chi connectivity index (χ3v) is 15.2. The molecule has 29 nitrogen and oxygen atoms in total. The summed E-state index contributed by atoms with van der Waals surface area (Å²) >= 11 is 48.5. The molecule has 0 aliphatic carbocycles. The molecule has 548 valence electrons. The van der Waals surface area contributed by atoms with Crippen LogP contribution in [0.2, 0.25) is 15.3 Å². The zero-order valence-electron chi connectivity index (χ0n) is 55.5. The van der Waals surface area contributed by atoms with Crippen LogP contribution in [0.1, 0.15) is 95.5 Å². The second kappa shape index (κ2) is 54.0. The minimum atomic E-state index is -1.19. The first-order chi connectivity index (χ1) is 46.6. The minimum Gasteiger partial charge on any atom is -0.469 e. The first-order valence-corrected chi connectivity index (χ1v) is 33.2. The number of esters is 5. The molecular formula is C60H82Cl9N10O19+. The molecular weight excluding hydrogens is 1480 g/mol. The van der Waals surface area contributed by atoms with Gasteiger partial charge in [-0.3, -0.25) is 39.6 Å². The molecule has 6 rings (SSSR count). The van der Waals surface area contributed by atoms with E-state index in [2.05, 4.69) is 48.7 Å². The number of carbonyl (C=O) groups excluding carboxylic acids is 6. The van der Waals surface area contributed by atoms with Crippen LogP contribution in [0.3, 0.4) is 0 Å². The zero-order chi connectivity index (χ0) is 74.9. The van der Waals surface area contributed by atoms with E-state index in [1.165, 1.54) is 40.4 Å². The highest BCUT2D eigenvalue weighted by atomic mass is 35.5. The average molecular weight is 1570 g/mol. The lowest BCUT2D eigenvalue weighted by Crippen LogP contribution is -2.62. The number of aromatic nitrogens is 2. The molecule has 38 heteroatoms. The number of nitrogens with two attached hydrogens (primary N) is 1. The summed E-state index contributed by atoms with van der Waals surface area (Å²) in [6.45, 7) is 12.3. The van der Waals surface area contributed by atoms with Crippen molar-refractivity contribution >= 4 is 169 Å². The number of allylic oxidation sites excluding steroid dienone is 1. The fourth-order valence-corrected chi connectivity index (χ4v) is 8.95. The molecule has 98 heavy (non-hydrogen) atoms. The number of rotatable bonds is 24. The van der Waals surface area contributed by atoms with Gasteiger partial charge in [-0.05, 0) is 103 Å². The number of aliphatic imine (C=N–C) groups is 3. The molecule has 2 fully saturated rings. The van der Waals surface area contributed by atoms with Gasteiger partial charge in [0.2, 0.25) is 11.1 Å².